The van der Waals surface area contributed by atoms with E-state index in [1.165, 1.54) is 0 Å². The van der Waals surface area contributed by atoms with Crippen LogP contribution in [-0.4, -0.2) is 65.5 Å². The number of morpholine rings is 1. The minimum absolute atomic E-state index is 0. The van der Waals surface area contributed by atoms with Gasteiger partial charge in [0.1, 0.15) is 12.2 Å². The van der Waals surface area contributed by atoms with Gasteiger partial charge in [-0.2, -0.15) is 5.10 Å². The summed E-state index contributed by atoms with van der Waals surface area (Å²) in [5, 5.41) is 10.6. The lowest BCUT2D eigenvalue weighted by Crippen LogP contribution is -2.48. The number of hydrogen-bond acceptors (Lipinski definition) is 5. The molecule has 2 fully saturated rings. The summed E-state index contributed by atoms with van der Waals surface area (Å²) in [6.07, 6.45) is 5.19. The normalized spacial score (nSPS) is 20.9. The molecule has 0 aliphatic carbocycles. The van der Waals surface area contributed by atoms with Crippen LogP contribution in [0.3, 0.4) is 0 Å². The van der Waals surface area contributed by atoms with Gasteiger partial charge in [0.15, 0.2) is 5.96 Å². The van der Waals surface area contributed by atoms with Crippen molar-refractivity contribution in [3.63, 3.8) is 0 Å². The number of nitrogens with one attached hydrogen (secondary N) is 2. The van der Waals surface area contributed by atoms with Crippen molar-refractivity contribution in [2.45, 2.75) is 38.5 Å². The number of amides is 1. The number of aryl methyl sites for hydroxylation is 1. The van der Waals surface area contributed by atoms with Crippen LogP contribution in [0.15, 0.2) is 41.7 Å². The summed E-state index contributed by atoms with van der Waals surface area (Å²) in [7, 11) is 1.91. The Bertz CT molecular complexity index is 944. The zero-order valence-electron chi connectivity index (χ0n) is 19.2. The van der Waals surface area contributed by atoms with Crippen LogP contribution in [0.25, 0.3) is 0 Å². The number of benzene rings is 1. The lowest BCUT2D eigenvalue weighted by Gasteiger charge is -2.34. The Morgan fingerprint density at radius 2 is 2.18 bits per heavy atom. The van der Waals surface area contributed by atoms with E-state index >= 15 is 0 Å². The molecule has 2 aromatic rings. The van der Waals surface area contributed by atoms with Gasteiger partial charge in [0.2, 0.25) is 0 Å². The average molecular weight is 568 g/mol. The molecule has 3 heterocycles. The van der Waals surface area contributed by atoms with Crippen molar-refractivity contribution >= 4 is 41.5 Å². The summed E-state index contributed by atoms with van der Waals surface area (Å²) < 4.78 is 13.2. The van der Waals surface area contributed by atoms with Crippen LogP contribution < -0.4 is 10.6 Å². The highest BCUT2D eigenvalue weighted by Gasteiger charge is 2.25. The van der Waals surface area contributed by atoms with E-state index in [1.807, 2.05) is 43.7 Å². The van der Waals surface area contributed by atoms with E-state index < -0.39 is 0 Å². The van der Waals surface area contributed by atoms with Crippen molar-refractivity contribution in [1.29, 1.82) is 0 Å². The zero-order chi connectivity index (χ0) is 22.3. The number of hydrogen-bond donors (Lipinski definition) is 2. The number of anilines is 1. The van der Waals surface area contributed by atoms with E-state index in [-0.39, 0.29) is 42.1 Å². The summed E-state index contributed by atoms with van der Waals surface area (Å²) in [5.74, 6) is 0.782. The third kappa shape index (κ3) is 6.90. The molecule has 1 amide bonds. The summed E-state index contributed by atoms with van der Waals surface area (Å²) in [4.78, 5) is 19.4. The Hall–Kier alpha value is -2.18. The number of aromatic nitrogens is 2. The number of guanidine groups is 1. The fraction of sp³-hybridized carbons (Fsp3) is 0.522. The molecule has 180 valence electrons. The van der Waals surface area contributed by atoms with E-state index in [0.717, 1.165) is 55.2 Å². The van der Waals surface area contributed by atoms with Crippen LogP contribution in [-0.2, 0) is 27.9 Å². The van der Waals surface area contributed by atoms with Crippen molar-refractivity contribution in [3.05, 3.63) is 47.8 Å². The van der Waals surface area contributed by atoms with Gasteiger partial charge in [-0.05, 0) is 37.5 Å². The number of nitrogens with zero attached hydrogens (tertiary/aromatic N) is 4. The van der Waals surface area contributed by atoms with Crippen molar-refractivity contribution in [1.82, 2.24) is 20.0 Å². The second kappa shape index (κ2) is 12.3. The van der Waals surface area contributed by atoms with Gasteiger partial charge in [-0.15, -0.1) is 24.0 Å². The maximum absolute atomic E-state index is 12.3. The van der Waals surface area contributed by atoms with Crippen molar-refractivity contribution in [2.75, 3.05) is 38.2 Å². The Labute approximate surface area is 211 Å². The largest absolute Gasteiger partial charge is 0.370 e. The SMILES string of the molecule is CCNC(=NCc1cccc(NC(=O)C2CCCO2)c1)N1CCOC(c2cnn(C)c2)C1.I. The smallest absolute Gasteiger partial charge is 0.253 e. The molecule has 2 saturated heterocycles. The summed E-state index contributed by atoms with van der Waals surface area (Å²) in [6, 6.07) is 7.83. The number of rotatable bonds is 6. The molecule has 2 unspecified atom stereocenters. The molecule has 4 rings (SSSR count). The molecule has 2 N–H and O–H groups in total. The van der Waals surface area contributed by atoms with Gasteiger partial charge in [0, 0.05) is 44.2 Å². The Morgan fingerprint density at radius 3 is 2.91 bits per heavy atom. The van der Waals surface area contributed by atoms with Crippen molar-refractivity contribution in [3.8, 4) is 0 Å². The summed E-state index contributed by atoms with van der Waals surface area (Å²) in [5.41, 5.74) is 2.87. The Balaban J connectivity index is 0.00000306. The quantitative estimate of drug-likeness (QED) is 0.317. The highest BCUT2D eigenvalue weighted by molar-refractivity contribution is 14.0. The van der Waals surface area contributed by atoms with Gasteiger partial charge in [-0.1, -0.05) is 12.1 Å². The third-order valence-corrected chi connectivity index (χ3v) is 5.63. The van der Waals surface area contributed by atoms with Gasteiger partial charge in [-0.3, -0.25) is 9.48 Å². The van der Waals surface area contributed by atoms with Crippen LogP contribution in [0.4, 0.5) is 5.69 Å². The molecule has 2 aliphatic heterocycles. The number of halogens is 1. The molecule has 9 nitrogen and oxygen atoms in total. The second-order valence-electron chi connectivity index (χ2n) is 8.11. The summed E-state index contributed by atoms with van der Waals surface area (Å²) in [6.45, 7) is 6.15. The summed E-state index contributed by atoms with van der Waals surface area (Å²) >= 11 is 0. The first-order chi connectivity index (χ1) is 15.6. The molecule has 10 heteroatoms. The number of ether oxygens (including phenoxy) is 2. The van der Waals surface area contributed by atoms with E-state index in [0.29, 0.717) is 19.8 Å². The molecule has 0 spiro atoms. The van der Waals surface area contributed by atoms with Crippen molar-refractivity contribution in [2.24, 2.45) is 12.0 Å². The molecule has 0 saturated carbocycles. The monoisotopic (exact) mass is 568 g/mol. The maximum atomic E-state index is 12.3. The van der Waals surface area contributed by atoms with Crippen LogP contribution in [0.2, 0.25) is 0 Å². The molecule has 33 heavy (non-hydrogen) atoms. The first-order valence-electron chi connectivity index (χ1n) is 11.3. The fourth-order valence-electron chi connectivity index (χ4n) is 4.00. The van der Waals surface area contributed by atoms with E-state index in [1.54, 1.807) is 4.68 Å². The van der Waals surface area contributed by atoms with E-state index in [9.17, 15) is 4.79 Å². The van der Waals surface area contributed by atoms with Gasteiger partial charge in [0.25, 0.3) is 5.91 Å². The zero-order valence-corrected chi connectivity index (χ0v) is 21.5. The van der Waals surface area contributed by atoms with Crippen LogP contribution in [0.5, 0.6) is 0 Å². The maximum Gasteiger partial charge on any atom is 0.253 e. The molecule has 0 radical (unpaired) electrons. The highest BCUT2D eigenvalue weighted by Crippen LogP contribution is 2.22. The first-order valence-corrected chi connectivity index (χ1v) is 11.3. The molecular formula is C23H33IN6O3. The molecule has 0 bridgehead atoms. The number of aliphatic imine (C=N–C) groups is 1. The number of carbonyl (C=O) groups is 1. The minimum Gasteiger partial charge on any atom is -0.370 e. The highest BCUT2D eigenvalue weighted by atomic mass is 127. The minimum atomic E-state index is -0.342. The van der Waals surface area contributed by atoms with Gasteiger partial charge in [0.05, 0.1) is 25.9 Å². The lowest BCUT2D eigenvalue weighted by molar-refractivity contribution is -0.124. The fourth-order valence-corrected chi connectivity index (χ4v) is 4.00. The standard InChI is InChI=1S/C23H32N6O3.HI/c1-3-24-23(29-9-11-32-21(16-29)18-14-26-28(2)15-18)25-13-17-6-4-7-19(12-17)27-22(30)20-8-5-10-31-20;/h4,6-7,12,14-15,20-21H,3,5,8-11,13,16H2,1-2H3,(H,24,25)(H,27,30);1H. The van der Waals surface area contributed by atoms with Gasteiger partial charge in [-0.25, -0.2) is 4.99 Å². The Kier molecular flexibility index (Phi) is 9.51. The van der Waals surface area contributed by atoms with Crippen LogP contribution in [0, 0.1) is 0 Å². The Morgan fingerprint density at radius 1 is 1.30 bits per heavy atom. The second-order valence-corrected chi connectivity index (χ2v) is 8.11. The molecule has 2 atom stereocenters. The topological polar surface area (TPSA) is 93.0 Å². The predicted molar refractivity (Wildman–Crippen MR) is 138 cm³/mol. The predicted octanol–water partition coefficient (Wildman–Crippen LogP) is 2.69. The van der Waals surface area contributed by atoms with Crippen molar-refractivity contribution < 1.29 is 14.3 Å². The third-order valence-electron chi connectivity index (χ3n) is 5.63. The van der Waals surface area contributed by atoms with E-state index in [4.69, 9.17) is 14.5 Å². The first kappa shape index (κ1) is 25.4. The average Bonchev–Trinajstić information content (AvgIpc) is 3.49. The molecular weight excluding hydrogens is 535 g/mol. The molecule has 1 aromatic carbocycles. The molecule has 1 aromatic heterocycles. The van der Waals surface area contributed by atoms with Gasteiger partial charge >= 0.3 is 0 Å². The number of carbonyl (C=O) groups excluding carboxylic acids is 1. The molecule has 2 aliphatic rings. The van der Waals surface area contributed by atoms with Crippen LogP contribution >= 0.6 is 24.0 Å². The van der Waals surface area contributed by atoms with Gasteiger partial charge < -0.3 is 25.0 Å². The lowest BCUT2D eigenvalue weighted by atomic mass is 10.1. The van der Waals surface area contributed by atoms with E-state index in [2.05, 4.69) is 27.6 Å². The van der Waals surface area contributed by atoms with Crippen LogP contribution in [0.1, 0.15) is 37.0 Å².